The number of carbonyl (C=O) groups excluding carboxylic acids is 2. The fourth-order valence-electron chi connectivity index (χ4n) is 3.57. The molecular weight excluding hydrogens is 356 g/mol. The minimum Gasteiger partial charge on any atom is -0.468 e. The summed E-state index contributed by atoms with van der Waals surface area (Å²) in [6.45, 7) is 4.72. The van der Waals surface area contributed by atoms with E-state index in [-0.39, 0.29) is 25.0 Å². The standard InChI is InChI=1S/C22H26N2O4/c1-15(2)12-24(13-21(25)27-3)23-22(26)28-14-20-18-10-6-4-8-16(18)17-9-5-7-11-19(17)20/h4-11,15,20H,12-14H2,1-3H3,(H,23,26). The van der Waals surface area contributed by atoms with Gasteiger partial charge in [0, 0.05) is 12.5 Å². The third kappa shape index (κ3) is 4.51. The molecule has 0 aliphatic heterocycles. The van der Waals surface area contributed by atoms with Gasteiger partial charge in [-0.25, -0.2) is 9.80 Å². The summed E-state index contributed by atoms with van der Waals surface area (Å²) >= 11 is 0. The predicted molar refractivity (Wildman–Crippen MR) is 107 cm³/mol. The molecule has 0 saturated carbocycles. The first-order chi connectivity index (χ1) is 13.5. The second-order valence-corrected chi connectivity index (χ2v) is 7.29. The maximum absolute atomic E-state index is 12.4. The molecule has 0 spiro atoms. The van der Waals surface area contributed by atoms with Gasteiger partial charge in [-0.05, 0) is 28.2 Å². The lowest BCUT2D eigenvalue weighted by molar-refractivity contribution is -0.142. The SMILES string of the molecule is COC(=O)CN(CC(C)C)NC(=O)OCC1c2ccccc2-c2ccccc21. The zero-order valence-electron chi connectivity index (χ0n) is 16.5. The van der Waals surface area contributed by atoms with E-state index in [9.17, 15) is 9.59 Å². The number of hydrogen-bond donors (Lipinski definition) is 1. The average Bonchev–Trinajstić information content (AvgIpc) is 2.99. The van der Waals surface area contributed by atoms with Gasteiger partial charge in [0.25, 0.3) is 0 Å². The molecule has 0 unspecified atom stereocenters. The number of benzene rings is 2. The summed E-state index contributed by atoms with van der Waals surface area (Å²) in [5.41, 5.74) is 7.33. The summed E-state index contributed by atoms with van der Waals surface area (Å²) < 4.78 is 10.2. The van der Waals surface area contributed by atoms with Gasteiger partial charge < -0.3 is 9.47 Å². The van der Waals surface area contributed by atoms with Crippen molar-refractivity contribution in [2.45, 2.75) is 19.8 Å². The highest BCUT2D eigenvalue weighted by Gasteiger charge is 2.29. The maximum atomic E-state index is 12.4. The number of hydrogen-bond acceptors (Lipinski definition) is 5. The molecular formula is C22H26N2O4. The van der Waals surface area contributed by atoms with Gasteiger partial charge in [0.1, 0.15) is 13.2 Å². The van der Waals surface area contributed by atoms with Gasteiger partial charge >= 0.3 is 12.1 Å². The minimum absolute atomic E-state index is 0.00249. The van der Waals surface area contributed by atoms with Crippen LogP contribution in [0, 0.1) is 5.92 Å². The molecule has 0 radical (unpaired) electrons. The summed E-state index contributed by atoms with van der Waals surface area (Å²) in [6.07, 6.45) is -0.577. The van der Waals surface area contributed by atoms with Gasteiger partial charge in [0.05, 0.1) is 7.11 Å². The molecule has 6 nitrogen and oxygen atoms in total. The Kier molecular flexibility index (Phi) is 6.31. The number of esters is 1. The smallest absolute Gasteiger partial charge is 0.421 e. The maximum Gasteiger partial charge on any atom is 0.421 e. The van der Waals surface area contributed by atoms with Crippen molar-refractivity contribution in [3.05, 3.63) is 59.7 Å². The Bertz CT molecular complexity index is 804. The van der Waals surface area contributed by atoms with E-state index >= 15 is 0 Å². The minimum atomic E-state index is -0.577. The van der Waals surface area contributed by atoms with E-state index in [1.54, 1.807) is 0 Å². The van der Waals surface area contributed by atoms with Crippen molar-refractivity contribution < 1.29 is 19.1 Å². The van der Waals surface area contributed by atoms with Crippen LogP contribution in [-0.4, -0.2) is 43.9 Å². The van der Waals surface area contributed by atoms with Crippen LogP contribution in [0.5, 0.6) is 0 Å². The molecule has 1 aliphatic rings. The lowest BCUT2D eigenvalue weighted by atomic mass is 9.98. The Morgan fingerprint density at radius 2 is 1.61 bits per heavy atom. The highest BCUT2D eigenvalue weighted by atomic mass is 16.6. The summed E-state index contributed by atoms with van der Waals surface area (Å²) in [4.78, 5) is 23.9. The Morgan fingerprint density at radius 3 is 2.14 bits per heavy atom. The van der Waals surface area contributed by atoms with Crippen LogP contribution in [0.3, 0.4) is 0 Å². The quantitative estimate of drug-likeness (QED) is 0.586. The Hall–Kier alpha value is -2.86. The van der Waals surface area contributed by atoms with Crippen LogP contribution in [0.25, 0.3) is 11.1 Å². The monoisotopic (exact) mass is 382 g/mol. The van der Waals surface area contributed by atoms with Crippen molar-refractivity contribution in [3.8, 4) is 11.1 Å². The number of methoxy groups -OCH3 is 1. The summed E-state index contributed by atoms with van der Waals surface area (Å²) in [5, 5.41) is 1.52. The molecule has 0 atom stereocenters. The lowest BCUT2D eigenvalue weighted by Gasteiger charge is -2.24. The number of amides is 1. The normalized spacial score (nSPS) is 12.6. The second kappa shape index (κ2) is 8.89. The molecule has 0 aromatic heterocycles. The first-order valence-electron chi connectivity index (χ1n) is 9.43. The van der Waals surface area contributed by atoms with Gasteiger partial charge in [0.2, 0.25) is 0 Å². The largest absolute Gasteiger partial charge is 0.468 e. The van der Waals surface area contributed by atoms with Crippen molar-refractivity contribution in [1.82, 2.24) is 10.4 Å². The number of rotatable bonds is 7. The molecule has 2 aromatic carbocycles. The van der Waals surface area contributed by atoms with Crippen molar-refractivity contribution in [2.24, 2.45) is 5.92 Å². The Morgan fingerprint density at radius 1 is 1.04 bits per heavy atom. The number of nitrogens with one attached hydrogen (secondary N) is 1. The topological polar surface area (TPSA) is 67.9 Å². The fraction of sp³-hybridized carbons (Fsp3) is 0.364. The van der Waals surface area contributed by atoms with Crippen molar-refractivity contribution in [1.29, 1.82) is 0 Å². The third-order valence-corrected chi connectivity index (χ3v) is 4.73. The van der Waals surface area contributed by atoms with E-state index in [1.807, 2.05) is 38.1 Å². The van der Waals surface area contributed by atoms with Gasteiger partial charge in [-0.15, -0.1) is 0 Å². The first-order valence-corrected chi connectivity index (χ1v) is 9.43. The molecule has 0 saturated heterocycles. The van der Waals surface area contributed by atoms with Gasteiger partial charge in [-0.2, -0.15) is 0 Å². The number of ether oxygens (including phenoxy) is 2. The van der Waals surface area contributed by atoms with Crippen molar-refractivity contribution in [3.63, 3.8) is 0 Å². The highest BCUT2D eigenvalue weighted by molar-refractivity contribution is 5.79. The van der Waals surface area contributed by atoms with Crippen LogP contribution in [-0.2, 0) is 14.3 Å². The Labute approximate surface area is 165 Å². The van der Waals surface area contributed by atoms with Crippen LogP contribution in [0.1, 0.15) is 30.9 Å². The number of fused-ring (bicyclic) bond motifs is 3. The summed E-state index contributed by atoms with van der Waals surface area (Å²) in [5.74, 6) is -0.157. The average molecular weight is 382 g/mol. The van der Waals surface area contributed by atoms with Crippen LogP contribution in [0.2, 0.25) is 0 Å². The summed E-state index contributed by atoms with van der Waals surface area (Å²) in [7, 11) is 1.32. The third-order valence-electron chi connectivity index (χ3n) is 4.73. The molecule has 1 N–H and O–H groups in total. The van der Waals surface area contributed by atoms with Crippen LogP contribution < -0.4 is 5.43 Å². The molecule has 6 heteroatoms. The fourth-order valence-corrected chi connectivity index (χ4v) is 3.57. The van der Waals surface area contributed by atoms with Gasteiger partial charge in [-0.3, -0.25) is 10.2 Å². The second-order valence-electron chi connectivity index (χ2n) is 7.29. The molecule has 0 fully saturated rings. The summed E-state index contributed by atoms with van der Waals surface area (Å²) in [6, 6.07) is 16.4. The predicted octanol–water partition coefficient (Wildman–Crippen LogP) is 3.57. The Balaban J connectivity index is 1.66. The molecule has 3 rings (SSSR count). The zero-order chi connectivity index (χ0) is 20.1. The molecule has 0 heterocycles. The van der Waals surface area contributed by atoms with Gasteiger partial charge in [-0.1, -0.05) is 62.4 Å². The number of hydrazine groups is 1. The van der Waals surface area contributed by atoms with E-state index in [2.05, 4.69) is 29.7 Å². The van der Waals surface area contributed by atoms with Crippen LogP contribution in [0.4, 0.5) is 4.79 Å². The molecule has 1 aliphatic carbocycles. The van der Waals surface area contributed by atoms with Crippen molar-refractivity contribution in [2.75, 3.05) is 26.8 Å². The lowest BCUT2D eigenvalue weighted by Crippen LogP contribution is -2.47. The highest BCUT2D eigenvalue weighted by Crippen LogP contribution is 2.44. The van der Waals surface area contributed by atoms with E-state index in [4.69, 9.17) is 9.47 Å². The molecule has 0 bridgehead atoms. The number of carbonyl (C=O) groups is 2. The molecule has 28 heavy (non-hydrogen) atoms. The van der Waals surface area contributed by atoms with Crippen LogP contribution in [0.15, 0.2) is 48.5 Å². The zero-order valence-corrected chi connectivity index (χ0v) is 16.5. The van der Waals surface area contributed by atoms with Crippen molar-refractivity contribution >= 4 is 12.1 Å². The van der Waals surface area contributed by atoms with Gasteiger partial charge in [0.15, 0.2) is 0 Å². The van der Waals surface area contributed by atoms with E-state index < -0.39 is 12.1 Å². The first kappa shape index (κ1) is 19.9. The molecule has 1 amide bonds. The van der Waals surface area contributed by atoms with E-state index in [0.717, 1.165) is 11.1 Å². The van der Waals surface area contributed by atoms with E-state index in [0.29, 0.717) is 6.54 Å². The molecule has 148 valence electrons. The van der Waals surface area contributed by atoms with E-state index in [1.165, 1.54) is 23.2 Å². The molecule has 2 aromatic rings. The van der Waals surface area contributed by atoms with Crippen LogP contribution >= 0.6 is 0 Å². The number of nitrogens with zero attached hydrogens (tertiary/aromatic N) is 1.